The lowest BCUT2D eigenvalue weighted by Crippen LogP contribution is -2.30. The van der Waals surface area contributed by atoms with E-state index in [0.717, 1.165) is 0 Å². The smallest absolute Gasteiger partial charge is 0.257 e. The number of hydrogen-bond donors (Lipinski definition) is 4. The normalized spacial score (nSPS) is 14.0. The number of aliphatic imine (C=N–C) groups is 1. The van der Waals surface area contributed by atoms with Gasteiger partial charge < -0.3 is 10.4 Å². The number of amides is 2. The molecule has 0 saturated heterocycles. The number of halogens is 2. The zero-order valence-corrected chi connectivity index (χ0v) is 16.7. The number of hydrazine groups is 1. The second kappa shape index (κ2) is 9.45. The highest BCUT2D eigenvalue weighted by Crippen LogP contribution is 2.22. The third-order valence-electron chi connectivity index (χ3n) is 4.07. The Kier molecular flexibility index (Phi) is 6.74. The molecular weight excluding hydrogens is 415 g/mol. The van der Waals surface area contributed by atoms with Gasteiger partial charge in [-0.05, 0) is 48.9 Å². The summed E-state index contributed by atoms with van der Waals surface area (Å²) >= 11 is 11.8. The van der Waals surface area contributed by atoms with Gasteiger partial charge in [-0.1, -0.05) is 29.3 Å². The average molecular weight is 433 g/mol. The average Bonchev–Trinajstić information content (AvgIpc) is 3.03. The summed E-state index contributed by atoms with van der Waals surface area (Å²) in [5.41, 5.74) is 6.94. The minimum atomic E-state index is -0.428. The molecule has 0 atom stereocenters. The van der Waals surface area contributed by atoms with Crippen molar-refractivity contribution >= 4 is 52.1 Å². The third kappa shape index (κ3) is 5.73. The van der Waals surface area contributed by atoms with Gasteiger partial charge in [0, 0.05) is 16.5 Å². The van der Waals surface area contributed by atoms with Crippen LogP contribution in [0, 0.1) is 0 Å². The summed E-state index contributed by atoms with van der Waals surface area (Å²) in [5.74, 6) is -0.837. The molecule has 7 nitrogen and oxygen atoms in total. The van der Waals surface area contributed by atoms with E-state index in [2.05, 4.69) is 21.2 Å². The van der Waals surface area contributed by atoms with Crippen molar-refractivity contribution in [3.8, 4) is 0 Å². The van der Waals surface area contributed by atoms with Crippen molar-refractivity contribution in [1.82, 2.24) is 10.7 Å². The standard InChI is InChI=1S/C20H18Cl2N4O3/c21-12-4-6-14(7-5-12)25-26-18(28)9-8-16(19-17(27)11-23-20(19)29)24-15-3-1-2-13(22)10-15/h1-7,10,25,27H,8-9,11H2,(H,23,29)(H,26,28). The Morgan fingerprint density at radius 2 is 1.86 bits per heavy atom. The van der Waals surface area contributed by atoms with Gasteiger partial charge in [-0.25, -0.2) is 0 Å². The quantitative estimate of drug-likeness (QED) is 0.393. The predicted molar refractivity (Wildman–Crippen MR) is 114 cm³/mol. The molecule has 0 unspecified atom stereocenters. The second-order valence-corrected chi connectivity index (χ2v) is 7.10. The predicted octanol–water partition coefficient (Wildman–Crippen LogP) is 3.93. The summed E-state index contributed by atoms with van der Waals surface area (Å²) in [6.07, 6.45) is 0.192. The maximum Gasteiger partial charge on any atom is 0.257 e. The van der Waals surface area contributed by atoms with Crippen LogP contribution in [0.2, 0.25) is 10.0 Å². The van der Waals surface area contributed by atoms with Gasteiger partial charge in [0.25, 0.3) is 5.91 Å². The van der Waals surface area contributed by atoms with Crippen LogP contribution in [-0.4, -0.2) is 29.2 Å². The number of benzene rings is 2. The number of nitrogens with zero attached hydrogens (tertiary/aromatic N) is 1. The van der Waals surface area contributed by atoms with Crippen molar-refractivity contribution in [2.75, 3.05) is 12.0 Å². The molecule has 2 aromatic rings. The molecule has 0 fully saturated rings. The summed E-state index contributed by atoms with van der Waals surface area (Å²) in [4.78, 5) is 28.8. The molecule has 0 spiro atoms. The molecule has 0 aliphatic carbocycles. The van der Waals surface area contributed by atoms with Crippen LogP contribution in [-0.2, 0) is 9.59 Å². The summed E-state index contributed by atoms with van der Waals surface area (Å²) in [7, 11) is 0. The Labute approximate surface area is 177 Å². The van der Waals surface area contributed by atoms with Gasteiger partial charge in [-0.3, -0.25) is 25.4 Å². The van der Waals surface area contributed by atoms with Crippen LogP contribution in [0.1, 0.15) is 12.8 Å². The van der Waals surface area contributed by atoms with Gasteiger partial charge in [0.15, 0.2) is 0 Å². The monoisotopic (exact) mass is 432 g/mol. The summed E-state index contributed by atoms with van der Waals surface area (Å²) in [5, 5.41) is 13.7. The van der Waals surface area contributed by atoms with Gasteiger partial charge in [0.05, 0.1) is 23.6 Å². The van der Waals surface area contributed by atoms with Crippen molar-refractivity contribution in [3.63, 3.8) is 0 Å². The lowest BCUT2D eigenvalue weighted by atomic mass is 10.0. The molecule has 3 rings (SSSR count). The topological polar surface area (TPSA) is 103 Å². The maximum absolute atomic E-state index is 12.2. The molecule has 1 heterocycles. The molecule has 1 aliphatic heterocycles. The van der Waals surface area contributed by atoms with E-state index in [9.17, 15) is 14.7 Å². The van der Waals surface area contributed by atoms with Gasteiger partial charge in [0.1, 0.15) is 11.3 Å². The first-order valence-electron chi connectivity index (χ1n) is 8.76. The molecule has 9 heteroatoms. The third-order valence-corrected chi connectivity index (χ3v) is 4.56. The molecular formula is C20H18Cl2N4O3. The molecule has 0 bridgehead atoms. The number of carbonyl (C=O) groups is 2. The number of nitrogens with one attached hydrogen (secondary N) is 3. The SMILES string of the molecule is O=C(CCC(=Nc1cccc(Cl)c1)C1=C(O)CNC1=O)NNc1ccc(Cl)cc1. The zero-order chi connectivity index (χ0) is 20.8. The fourth-order valence-electron chi connectivity index (χ4n) is 2.68. The number of aliphatic hydroxyl groups excluding tert-OH is 1. The van der Waals surface area contributed by atoms with E-state index in [1.807, 2.05) is 0 Å². The minimum Gasteiger partial charge on any atom is -0.510 e. The zero-order valence-electron chi connectivity index (χ0n) is 15.2. The van der Waals surface area contributed by atoms with Crippen LogP contribution in [0.4, 0.5) is 11.4 Å². The van der Waals surface area contributed by atoms with E-state index < -0.39 is 5.91 Å². The van der Waals surface area contributed by atoms with Gasteiger partial charge in [-0.2, -0.15) is 0 Å². The Balaban J connectivity index is 1.70. The van der Waals surface area contributed by atoms with Crippen LogP contribution in [0.3, 0.4) is 0 Å². The highest BCUT2D eigenvalue weighted by Gasteiger charge is 2.27. The Bertz CT molecular complexity index is 987. The van der Waals surface area contributed by atoms with E-state index in [1.54, 1.807) is 48.5 Å². The van der Waals surface area contributed by atoms with Crippen LogP contribution < -0.4 is 16.2 Å². The lowest BCUT2D eigenvalue weighted by molar-refractivity contribution is -0.120. The fourth-order valence-corrected chi connectivity index (χ4v) is 2.99. The van der Waals surface area contributed by atoms with Crippen molar-refractivity contribution in [1.29, 1.82) is 0 Å². The Hall–Kier alpha value is -3.03. The summed E-state index contributed by atoms with van der Waals surface area (Å²) < 4.78 is 0. The van der Waals surface area contributed by atoms with Crippen molar-refractivity contribution < 1.29 is 14.7 Å². The highest BCUT2D eigenvalue weighted by molar-refractivity contribution is 6.31. The summed E-state index contributed by atoms with van der Waals surface area (Å²) in [6, 6.07) is 13.6. The van der Waals surface area contributed by atoms with Gasteiger partial charge in [0.2, 0.25) is 5.91 Å². The Morgan fingerprint density at radius 1 is 1.10 bits per heavy atom. The molecule has 150 valence electrons. The molecule has 2 amide bonds. The highest BCUT2D eigenvalue weighted by atomic mass is 35.5. The van der Waals surface area contributed by atoms with E-state index >= 15 is 0 Å². The van der Waals surface area contributed by atoms with E-state index in [1.165, 1.54) is 0 Å². The molecule has 0 saturated carbocycles. The minimum absolute atomic E-state index is 0.0348. The molecule has 0 aromatic heterocycles. The van der Waals surface area contributed by atoms with E-state index in [0.29, 0.717) is 27.1 Å². The van der Waals surface area contributed by atoms with E-state index in [-0.39, 0.29) is 36.6 Å². The van der Waals surface area contributed by atoms with Crippen LogP contribution in [0.25, 0.3) is 0 Å². The van der Waals surface area contributed by atoms with E-state index in [4.69, 9.17) is 23.2 Å². The van der Waals surface area contributed by atoms with Gasteiger partial charge in [-0.15, -0.1) is 0 Å². The van der Waals surface area contributed by atoms with Crippen LogP contribution >= 0.6 is 23.2 Å². The summed E-state index contributed by atoms with van der Waals surface area (Å²) in [6.45, 7) is 0.0348. The van der Waals surface area contributed by atoms with Crippen molar-refractivity contribution in [3.05, 3.63) is 69.9 Å². The number of hydrogen-bond acceptors (Lipinski definition) is 5. The number of carbonyl (C=O) groups excluding carboxylic acids is 2. The lowest BCUT2D eigenvalue weighted by Gasteiger charge is -2.10. The largest absolute Gasteiger partial charge is 0.510 e. The van der Waals surface area contributed by atoms with Crippen LogP contribution in [0.5, 0.6) is 0 Å². The first-order chi connectivity index (χ1) is 13.9. The van der Waals surface area contributed by atoms with Crippen molar-refractivity contribution in [2.45, 2.75) is 12.8 Å². The second-order valence-electron chi connectivity index (χ2n) is 6.22. The molecule has 4 N–H and O–H groups in total. The fraction of sp³-hybridized carbons (Fsp3) is 0.150. The number of anilines is 1. The first-order valence-corrected chi connectivity index (χ1v) is 9.52. The van der Waals surface area contributed by atoms with Crippen molar-refractivity contribution in [2.24, 2.45) is 4.99 Å². The van der Waals surface area contributed by atoms with Gasteiger partial charge >= 0.3 is 0 Å². The maximum atomic E-state index is 12.2. The molecule has 0 radical (unpaired) electrons. The number of aliphatic hydroxyl groups is 1. The Morgan fingerprint density at radius 3 is 2.52 bits per heavy atom. The molecule has 29 heavy (non-hydrogen) atoms. The molecule has 1 aliphatic rings. The first kappa shape index (κ1) is 20.7. The van der Waals surface area contributed by atoms with Crippen LogP contribution in [0.15, 0.2) is 64.9 Å². The number of rotatable bonds is 7. The molecule has 2 aromatic carbocycles.